The van der Waals surface area contributed by atoms with Gasteiger partial charge in [-0.3, -0.25) is 4.79 Å². The second-order valence-corrected chi connectivity index (χ2v) is 8.30. The van der Waals surface area contributed by atoms with Gasteiger partial charge in [-0.2, -0.15) is 0 Å². The highest BCUT2D eigenvalue weighted by atomic mass is 16.5. The van der Waals surface area contributed by atoms with E-state index in [0.717, 1.165) is 17.4 Å². The number of quaternary nitrogens is 1. The molecule has 0 spiro atoms. The Morgan fingerprint density at radius 2 is 1.12 bits per heavy atom. The van der Waals surface area contributed by atoms with E-state index in [-0.39, 0.29) is 5.97 Å². The molecule has 0 aromatic rings. The molecule has 0 aliphatic heterocycles. The molecule has 0 fully saturated rings. The maximum Gasteiger partial charge on any atom is 0.305 e. The molecule has 0 amide bonds. The van der Waals surface area contributed by atoms with Gasteiger partial charge in [-0.05, 0) is 32.1 Å². The number of carbonyl (C=O) groups excluding carboxylic acids is 1. The summed E-state index contributed by atoms with van der Waals surface area (Å²) >= 11 is 0. The van der Waals surface area contributed by atoms with Gasteiger partial charge in [0.1, 0.15) is 13.2 Å². The smallest absolute Gasteiger partial charge is 0.305 e. The number of unbranched alkanes of at least 4 members (excludes halogenated alkanes) is 10. The quantitative estimate of drug-likeness (QED) is 0.147. The first-order chi connectivity index (χ1) is 12.6. The highest BCUT2D eigenvalue weighted by Gasteiger charge is 2.21. The molecule has 156 valence electrons. The highest BCUT2D eigenvalue weighted by Crippen LogP contribution is 2.14. The lowest BCUT2D eigenvalue weighted by atomic mass is 10.1. The lowest BCUT2D eigenvalue weighted by Crippen LogP contribution is -2.48. The maximum atomic E-state index is 11.6. The Morgan fingerprint density at radius 3 is 1.58 bits per heavy atom. The Balaban J connectivity index is 4.16. The van der Waals surface area contributed by atoms with Crippen molar-refractivity contribution >= 4 is 5.97 Å². The Kier molecular flexibility index (Phi) is 17.4. The molecule has 0 unspecified atom stereocenters. The van der Waals surface area contributed by atoms with Crippen LogP contribution in [-0.2, 0) is 9.53 Å². The van der Waals surface area contributed by atoms with Gasteiger partial charge in [-0.25, -0.2) is 0 Å². The number of hydrogen-bond donors (Lipinski definition) is 0. The maximum absolute atomic E-state index is 11.6. The minimum atomic E-state index is -0.0295. The van der Waals surface area contributed by atoms with E-state index in [1.165, 1.54) is 90.1 Å². The number of hydrogen-bond acceptors (Lipinski definition) is 2. The first-order valence-corrected chi connectivity index (χ1v) is 11.6. The minimum Gasteiger partial charge on any atom is -0.460 e. The molecular weight excluding hydrogens is 322 g/mol. The summed E-state index contributed by atoms with van der Waals surface area (Å²) in [5.41, 5.74) is 0. The topological polar surface area (TPSA) is 26.3 Å². The number of nitrogens with zero attached hydrogens (tertiary/aromatic N) is 1. The average molecular weight is 371 g/mol. The van der Waals surface area contributed by atoms with Gasteiger partial charge >= 0.3 is 5.97 Å². The van der Waals surface area contributed by atoms with Crippen LogP contribution in [0.5, 0.6) is 0 Å². The van der Waals surface area contributed by atoms with E-state index in [9.17, 15) is 4.79 Å². The molecule has 0 rings (SSSR count). The molecule has 0 heterocycles. The summed E-state index contributed by atoms with van der Waals surface area (Å²) in [7, 11) is 2.37. The predicted octanol–water partition coefficient (Wildman–Crippen LogP) is 6.50. The Labute approximate surface area is 164 Å². The molecule has 0 bridgehead atoms. The van der Waals surface area contributed by atoms with Gasteiger partial charge in [0.2, 0.25) is 0 Å². The predicted molar refractivity (Wildman–Crippen MR) is 113 cm³/mol. The monoisotopic (exact) mass is 370 g/mol. The van der Waals surface area contributed by atoms with Crippen LogP contribution in [0.1, 0.15) is 111 Å². The SMILES string of the molecule is CCCCCCCC[N+](C)(CCCCCCCC)CCOC(=O)CCC. The number of rotatable bonds is 19. The van der Waals surface area contributed by atoms with Crippen LogP contribution in [0.15, 0.2) is 0 Å². The zero-order valence-electron chi connectivity index (χ0n) is 18.5. The third-order valence-electron chi connectivity index (χ3n) is 5.45. The van der Waals surface area contributed by atoms with Crippen molar-refractivity contribution in [3.63, 3.8) is 0 Å². The zero-order chi connectivity index (χ0) is 19.5. The number of ether oxygens (including phenoxy) is 1. The van der Waals surface area contributed by atoms with Crippen molar-refractivity contribution in [3.8, 4) is 0 Å². The van der Waals surface area contributed by atoms with Crippen LogP contribution < -0.4 is 0 Å². The van der Waals surface area contributed by atoms with Gasteiger partial charge in [0.25, 0.3) is 0 Å². The first-order valence-electron chi connectivity index (χ1n) is 11.6. The number of likely N-dealkylation sites (N-methyl/N-ethyl adjacent to an activating group) is 1. The molecule has 26 heavy (non-hydrogen) atoms. The van der Waals surface area contributed by atoms with E-state index in [2.05, 4.69) is 20.9 Å². The summed E-state index contributed by atoms with van der Waals surface area (Å²) < 4.78 is 6.51. The number of esters is 1. The van der Waals surface area contributed by atoms with E-state index < -0.39 is 0 Å². The fourth-order valence-electron chi connectivity index (χ4n) is 3.54. The molecule has 3 nitrogen and oxygen atoms in total. The first kappa shape index (κ1) is 25.4. The zero-order valence-corrected chi connectivity index (χ0v) is 18.5. The fourth-order valence-corrected chi connectivity index (χ4v) is 3.54. The highest BCUT2D eigenvalue weighted by molar-refractivity contribution is 5.69. The third kappa shape index (κ3) is 15.7. The summed E-state index contributed by atoms with van der Waals surface area (Å²) in [5.74, 6) is -0.0295. The van der Waals surface area contributed by atoms with E-state index in [1.807, 2.05) is 6.92 Å². The molecule has 0 aromatic heterocycles. The van der Waals surface area contributed by atoms with E-state index >= 15 is 0 Å². The van der Waals surface area contributed by atoms with Crippen molar-refractivity contribution < 1.29 is 14.0 Å². The van der Waals surface area contributed by atoms with Crippen molar-refractivity contribution in [1.82, 2.24) is 0 Å². The second kappa shape index (κ2) is 17.8. The van der Waals surface area contributed by atoms with Crippen LogP contribution in [0.4, 0.5) is 0 Å². The Hall–Kier alpha value is -0.570. The molecule has 0 aromatic carbocycles. The Morgan fingerprint density at radius 1 is 0.654 bits per heavy atom. The van der Waals surface area contributed by atoms with Crippen molar-refractivity contribution in [3.05, 3.63) is 0 Å². The van der Waals surface area contributed by atoms with E-state index in [4.69, 9.17) is 4.74 Å². The molecule has 3 heteroatoms. The Bertz CT molecular complexity index is 301. The fraction of sp³-hybridized carbons (Fsp3) is 0.957. The molecule has 0 saturated heterocycles. The molecule has 0 aliphatic carbocycles. The van der Waals surface area contributed by atoms with Gasteiger partial charge < -0.3 is 9.22 Å². The largest absolute Gasteiger partial charge is 0.460 e. The van der Waals surface area contributed by atoms with E-state index in [1.54, 1.807) is 0 Å². The molecule has 0 atom stereocenters. The lowest BCUT2D eigenvalue weighted by molar-refractivity contribution is -0.910. The summed E-state index contributed by atoms with van der Waals surface area (Å²) in [6.07, 6.45) is 17.6. The molecular formula is C23H48NO2+. The standard InChI is InChI=1S/C23H48NO2/c1-5-8-10-12-14-16-19-24(4,20-17-15-13-11-9-6-2)21-22-26-23(25)18-7-3/h5-22H2,1-4H3/q+1. The molecule has 0 radical (unpaired) electrons. The number of carbonyl (C=O) groups is 1. The summed E-state index contributed by atoms with van der Waals surface area (Å²) in [6, 6.07) is 0. The van der Waals surface area contributed by atoms with Crippen LogP contribution in [0.25, 0.3) is 0 Å². The molecule has 0 saturated carbocycles. The van der Waals surface area contributed by atoms with Crippen molar-refractivity contribution in [2.75, 3.05) is 33.3 Å². The van der Waals surface area contributed by atoms with Crippen LogP contribution in [-0.4, -0.2) is 43.7 Å². The van der Waals surface area contributed by atoms with Crippen LogP contribution in [0.2, 0.25) is 0 Å². The average Bonchev–Trinajstić information content (AvgIpc) is 2.61. The summed E-state index contributed by atoms with van der Waals surface area (Å²) in [4.78, 5) is 11.6. The molecule has 0 aliphatic rings. The van der Waals surface area contributed by atoms with Gasteiger partial charge in [0.15, 0.2) is 0 Å². The van der Waals surface area contributed by atoms with Crippen molar-refractivity contribution in [2.24, 2.45) is 0 Å². The molecule has 0 N–H and O–H groups in total. The minimum absolute atomic E-state index is 0.0295. The summed E-state index contributed by atoms with van der Waals surface area (Å²) in [5, 5.41) is 0. The van der Waals surface area contributed by atoms with Crippen LogP contribution in [0.3, 0.4) is 0 Å². The van der Waals surface area contributed by atoms with Crippen molar-refractivity contribution in [1.29, 1.82) is 0 Å². The van der Waals surface area contributed by atoms with Gasteiger partial charge in [0.05, 0.1) is 20.1 Å². The third-order valence-corrected chi connectivity index (χ3v) is 5.45. The van der Waals surface area contributed by atoms with Gasteiger partial charge in [-0.15, -0.1) is 0 Å². The van der Waals surface area contributed by atoms with Crippen LogP contribution in [0, 0.1) is 0 Å². The van der Waals surface area contributed by atoms with Gasteiger partial charge in [-0.1, -0.05) is 72.1 Å². The van der Waals surface area contributed by atoms with Crippen molar-refractivity contribution in [2.45, 2.75) is 111 Å². The normalized spacial score (nSPS) is 11.7. The lowest BCUT2D eigenvalue weighted by Gasteiger charge is -2.34. The summed E-state index contributed by atoms with van der Waals surface area (Å²) in [6.45, 7) is 10.6. The van der Waals surface area contributed by atoms with Gasteiger partial charge in [0, 0.05) is 6.42 Å². The second-order valence-electron chi connectivity index (χ2n) is 8.30. The van der Waals surface area contributed by atoms with Crippen LogP contribution >= 0.6 is 0 Å². The van der Waals surface area contributed by atoms with E-state index in [0.29, 0.717) is 13.0 Å².